The van der Waals surface area contributed by atoms with Gasteiger partial charge in [-0.2, -0.15) is 0 Å². The van der Waals surface area contributed by atoms with E-state index in [9.17, 15) is 0 Å². The molecule has 1 heterocycles. The van der Waals surface area contributed by atoms with Crippen LogP contribution in [0.1, 0.15) is 42.0 Å². The number of hydrogen-bond acceptors (Lipinski definition) is 3. The lowest BCUT2D eigenvalue weighted by atomic mass is 10.1. The van der Waals surface area contributed by atoms with Crippen molar-refractivity contribution < 1.29 is 0 Å². The molecule has 3 heteroatoms. The average molecular weight is 260 g/mol. The number of nitrogen functional groups attached to an aromatic ring is 1. The first-order valence-corrected chi connectivity index (χ1v) is 7.36. The van der Waals surface area contributed by atoms with Crippen molar-refractivity contribution in [3.63, 3.8) is 0 Å². The van der Waals surface area contributed by atoms with E-state index in [-0.39, 0.29) is 0 Å². The van der Waals surface area contributed by atoms with E-state index in [1.54, 1.807) is 11.3 Å². The predicted molar refractivity (Wildman–Crippen MR) is 79.1 cm³/mol. The van der Waals surface area contributed by atoms with Crippen molar-refractivity contribution in [1.29, 1.82) is 0 Å². The summed E-state index contributed by atoms with van der Waals surface area (Å²) >= 11 is 1.63. The number of hydrogen-bond donors (Lipinski definition) is 1. The summed E-state index contributed by atoms with van der Waals surface area (Å²) in [6.45, 7) is 4.35. The van der Waals surface area contributed by atoms with Crippen LogP contribution in [0.4, 0.5) is 5.13 Å². The van der Waals surface area contributed by atoms with E-state index in [1.165, 1.54) is 21.7 Å². The molecule has 0 amide bonds. The summed E-state index contributed by atoms with van der Waals surface area (Å²) in [5, 5.41) is 0.693. The van der Waals surface area contributed by atoms with Gasteiger partial charge >= 0.3 is 0 Å². The Morgan fingerprint density at radius 1 is 1.11 bits per heavy atom. The fraction of sp³-hybridized carbons (Fsp3) is 0.400. The molecule has 0 aliphatic heterocycles. The Bertz CT molecular complexity index is 500. The molecular weight excluding hydrogens is 240 g/mol. The molecule has 2 aromatic rings. The molecule has 2 N–H and O–H groups in total. The van der Waals surface area contributed by atoms with E-state index in [2.05, 4.69) is 43.1 Å². The first-order valence-electron chi connectivity index (χ1n) is 6.54. The normalized spacial score (nSPS) is 10.8. The summed E-state index contributed by atoms with van der Waals surface area (Å²) in [5.74, 6) is 0. The minimum Gasteiger partial charge on any atom is -0.375 e. The minimum atomic E-state index is 0.693. The van der Waals surface area contributed by atoms with E-state index < -0.39 is 0 Å². The monoisotopic (exact) mass is 260 g/mol. The van der Waals surface area contributed by atoms with E-state index in [0.29, 0.717) is 5.13 Å². The quantitative estimate of drug-likeness (QED) is 0.887. The smallest absolute Gasteiger partial charge is 0.180 e. The van der Waals surface area contributed by atoms with Crippen molar-refractivity contribution in [1.82, 2.24) is 4.98 Å². The third-order valence-electron chi connectivity index (χ3n) is 3.08. The van der Waals surface area contributed by atoms with Crippen LogP contribution in [0.25, 0.3) is 0 Å². The summed E-state index contributed by atoms with van der Waals surface area (Å²) in [6, 6.07) is 8.84. The largest absolute Gasteiger partial charge is 0.375 e. The maximum absolute atomic E-state index is 5.82. The van der Waals surface area contributed by atoms with Gasteiger partial charge in [-0.1, -0.05) is 44.5 Å². The zero-order valence-corrected chi connectivity index (χ0v) is 11.9. The summed E-state index contributed by atoms with van der Waals surface area (Å²) in [4.78, 5) is 5.74. The number of nitrogens with zero attached hydrogens (tertiary/aromatic N) is 1. The van der Waals surface area contributed by atoms with Gasteiger partial charge in [-0.05, 0) is 24.0 Å². The second-order valence-electron chi connectivity index (χ2n) is 4.52. The van der Waals surface area contributed by atoms with Crippen LogP contribution in [0.3, 0.4) is 0 Å². The predicted octanol–water partition coefficient (Wildman–Crippen LogP) is 3.83. The number of thiazole rings is 1. The maximum Gasteiger partial charge on any atom is 0.180 e. The molecule has 1 aromatic heterocycles. The zero-order chi connectivity index (χ0) is 13.0. The van der Waals surface area contributed by atoms with Gasteiger partial charge in [-0.25, -0.2) is 4.98 Å². The molecule has 0 bridgehead atoms. The van der Waals surface area contributed by atoms with Crippen molar-refractivity contribution in [2.24, 2.45) is 0 Å². The van der Waals surface area contributed by atoms with Crippen molar-refractivity contribution in [3.8, 4) is 0 Å². The van der Waals surface area contributed by atoms with Gasteiger partial charge in [0, 0.05) is 11.3 Å². The van der Waals surface area contributed by atoms with Gasteiger partial charge in [0.15, 0.2) is 5.13 Å². The van der Waals surface area contributed by atoms with Gasteiger partial charge in [-0.3, -0.25) is 0 Å². The Kier molecular flexibility index (Phi) is 4.37. The summed E-state index contributed by atoms with van der Waals surface area (Å²) in [7, 11) is 0. The Balaban J connectivity index is 2.16. The highest BCUT2D eigenvalue weighted by Gasteiger charge is 2.09. The number of rotatable bonds is 5. The van der Waals surface area contributed by atoms with Crippen molar-refractivity contribution in [2.45, 2.75) is 39.5 Å². The first-order chi connectivity index (χ1) is 8.72. The number of aromatic nitrogens is 1. The Hall–Kier alpha value is -1.35. The molecule has 0 unspecified atom stereocenters. The third kappa shape index (κ3) is 3.10. The molecule has 0 radical (unpaired) electrons. The van der Waals surface area contributed by atoms with Crippen molar-refractivity contribution in [3.05, 3.63) is 46.0 Å². The molecular formula is C15H20N2S. The van der Waals surface area contributed by atoms with Crippen LogP contribution in [0.5, 0.6) is 0 Å². The summed E-state index contributed by atoms with van der Waals surface area (Å²) in [6.07, 6.45) is 4.18. The van der Waals surface area contributed by atoms with Gasteiger partial charge in [0.1, 0.15) is 0 Å². The first kappa shape index (κ1) is 13.1. The molecule has 0 fully saturated rings. The molecule has 0 aliphatic rings. The molecule has 96 valence electrons. The van der Waals surface area contributed by atoms with Crippen LogP contribution >= 0.6 is 11.3 Å². The second-order valence-corrected chi connectivity index (χ2v) is 5.63. The van der Waals surface area contributed by atoms with Gasteiger partial charge in [0.25, 0.3) is 0 Å². The SMILES string of the molecule is CCCc1nc(N)sc1Cc1ccc(CC)cc1. The van der Waals surface area contributed by atoms with Crippen molar-refractivity contribution >= 4 is 16.5 Å². The molecule has 0 saturated carbocycles. The number of aryl methyl sites for hydroxylation is 2. The molecule has 0 saturated heterocycles. The fourth-order valence-corrected chi connectivity index (χ4v) is 2.96. The zero-order valence-electron chi connectivity index (χ0n) is 11.1. The summed E-state index contributed by atoms with van der Waals surface area (Å²) < 4.78 is 0. The lowest BCUT2D eigenvalue weighted by Crippen LogP contribution is -1.93. The van der Waals surface area contributed by atoms with Crippen LogP contribution in [-0.2, 0) is 19.3 Å². The molecule has 0 spiro atoms. The van der Waals surface area contributed by atoms with Crippen LogP contribution in [0.15, 0.2) is 24.3 Å². The number of benzene rings is 1. The fourth-order valence-electron chi connectivity index (χ4n) is 2.05. The number of nitrogens with two attached hydrogens (primary N) is 1. The Morgan fingerprint density at radius 3 is 2.39 bits per heavy atom. The highest BCUT2D eigenvalue weighted by atomic mass is 32.1. The lowest BCUT2D eigenvalue weighted by Gasteiger charge is -2.03. The van der Waals surface area contributed by atoms with Gasteiger partial charge in [0.05, 0.1) is 5.69 Å². The minimum absolute atomic E-state index is 0.693. The van der Waals surface area contributed by atoms with Gasteiger partial charge in [-0.15, -0.1) is 11.3 Å². The van der Waals surface area contributed by atoms with Crippen molar-refractivity contribution in [2.75, 3.05) is 5.73 Å². The van der Waals surface area contributed by atoms with Crippen LogP contribution in [0.2, 0.25) is 0 Å². The average Bonchev–Trinajstić information content (AvgIpc) is 2.71. The standard InChI is InChI=1S/C15H20N2S/c1-3-5-13-14(18-15(16)17-13)10-12-8-6-11(4-2)7-9-12/h6-9H,3-5,10H2,1-2H3,(H2,16,17). The van der Waals surface area contributed by atoms with E-state index >= 15 is 0 Å². The topological polar surface area (TPSA) is 38.9 Å². The second kappa shape index (κ2) is 6.01. The highest BCUT2D eigenvalue weighted by molar-refractivity contribution is 7.15. The molecule has 18 heavy (non-hydrogen) atoms. The van der Waals surface area contributed by atoms with Crippen LogP contribution in [-0.4, -0.2) is 4.98 Å². The van der Waals surface area contributed by atoms with E-state index in [4.69, 9.17) is 5.73 Å². The van der Waals surface area contributed by atoms with Crippen LogP contribution in [0, 0.1) is 0 Å². The third-order valence-corrected chi connectivity index (χ3v) is 4.00. The molecule has 0 aliphatic carbocycles. The molecule has 2 nitrogen and oxygen atoms in total. The van der Waals surface area contributed by atoms with E-state index in [1.807, 2.05) is 0 Å². The highest BCUT2D eigenvalue weighted by Crippen LogP contribution is 2.24. The van der Waals surface area contributed by atoms with Gasteiger partial charge < -0.3 is 5.73 Å². The van der Waals surface area contributed by atoms with E-state index in [0.717, 1.165) is 25.7 Å². The Labute approximate surface area is 113 Å². The maximum atomic E-state index is 5.82. The lowest BCUT2D eigenvalue weighted by molar-refractivity contribution is 0.879. The molecule has 1 aromatic carbocycles. The molecule has 2 rings (SSSR count). The summed E-state index contributed by atoms with van der Waals surface area (Å²) in [5.41, 5.74) is 9.72. The number of anilines is 1. The Morgan fingerprint density at radius 2 is 1.78 bits per heavy atom. The van der Waals surface area contributed by atoms with Gasteiger partial charge in [0.2, 0.25) is 0 Å². The molecule has 0 atom stereocenters. The van der Waals surface area contributed by atoms with Crippen LogP contribution < -0.4 is 5.73 Å².